The maximum absolute atomic E-state index is 12.6. The van der Waals surface area contributed by atoms with Crippen LogP contribution < -0.4 is 5.32 Å². The van der Waals surface area contributed by atoms with Gasteiger partial charge in [0.2, 0.25) is 0 Å². The zero-order chi connectivity index (χ0) is 18.1. The molecule has 0 atom stereocenters. The average molecular weight is 386 g/mol. The molecule has 0 radical (unpaired) electrons. The first-order valence-electron chi connectivity index (χ1n) is 7.51. The third-order valence-corrected chi connectivity index (χ3v) is 4.77. The first-order chi connectivity index (χ1) is 12.6. The lowest BCUT2D eigenvalue weighted by Crippen LogP contribution is -2.14. The van der Waals surface area contributed by atoms with E-state index in [2.05, 4.69) is 25.5 Å². The summed E-state index contributed by atoms with van der Waals surface area (Å²) in [4.78, 5) is 20.9. The first-order valence-corrected chi connectivity index (χ1v) is 8.77. The van der Waals surface area contributed by atoms with Crippen LogP contribution in [0.1, 0.15) is 10.5 Å². The van der Waals surface area contributed by atoms with Gasteiger partial charge in [-0.2, -0.15) is 10.2 Å². The van der Waals surface area contributed by atoms with Crippen LogP contribution in [0.4, 0.5) is 5.69 Å². The molecule has 0 bridgehead atoms. The minimum Gasteiger partial charge on any atom is -0.319 e. The lowest BCUT2D eigenvalue weighted by Gasteiger charge is -2.11. The highest BCUT2D eigenvalue weighted by molar-refractivity contribution is 7.13. The fourth-order valence-corrected chi connectivity index (χ4v) is 3.44. The SMILES string of the molecule is Cn1cc(-c2nc(C(=O)Nc3cccc(Cl)c3-n3cncn3)cs2)cn1. The van der Waals surface area contributed by atoms with Crippen LogP contribution >= 0.6 is 22.9 Å². The van der Waals surface area contributed by atoms with E-state index in [1.165, 1.54) is 28.7 Å². The molecule has 1 aromatic carbocycles. The summed E-state index contributed by atoms with van der Waals surface area (Å²) < 4.78 is 3.19. The molecular weight excluding hydrogens is 374 g/mol. The van der Waals surface area contributed by atoms with E-state index >= 15 is 0 Å². The van der Waals surface area contributed by atoms with Gasteiger partial charge in [0.05, 0.1) is 16.9 Å². The Hall–Kier alpha value is -3.04. The molecule has 1 amide bonds. The number of hydrogen-bond acceptors (Lipinski definition) is 6. The fraction of sp³-hybridized carbons (Fsp3) is 0.0625. The van der Waals surface area contributed by atoms with E-state index in [0.717, 1.165) is 10.6 Å². The van der Waals surface area contributed by atoms with Crippen molar-refractivity contribution in [2.75, 3.05) is 5.32 Å². The fourth-order valence-electron chi connectivity index (χ4n) is 2.40. The van der Waals surface area contributed by atoms with Gasteiger partial charge in [-0.05, 0) is 12.1 Å². The molecule has 130 valence electrons. The van der Waals surface area contributed by atoms with Crippen molar-refractivity contribution in [2.24, 2.45) is 7.05 Å². The van der Waals surface area contributed by atoms with Crippen molar-refractivity contribution in [2.45, 2.75) is 0 Å². The first kappa shape index (κ1) is 16.4. The summed E-state index contributed by atoms with van der Waals surface area (Å²) in [5.74, 6) is -0.333. The lowest BCUT2D eigenvalue weighted by atomic mass is 10.2. The number of thiazole rings is 1. The summed E-state index contributed by atoms with van der Waals surface area (Å²) in [6.45, 7) is 0. The van der Waals surface area contributed by atoms with E-state index in [0.29, 0.717) is 22.1 Å². The Kier molecular flexibility index (Phi) is 4.23. The maximum atomic E-state index is 12.6. The van der Waals surface area contributed by atoms with Crippen molar-refractivity contribution < 1.29 is 4.79 Å². The Morgan fingerprint density at radius 2 is 2.19 bits per heavy atom. The summed E-state index contributed by atoms with van der Waals surface area (Å²) >= 11 is 7.66. The molecule has 0 fully saturated rings. The Labute approximate surface area is 157 Å². The molecule has 8 nitrogen and oxygen atoms in total. The van der Waals surface area contributed by atoms with Gasteiger partial charge in [-0.25, -0.2) is 14.6 Å². The van der Waals surface area contributed by atoms with E-state index in [4.69, 9.17) is 11.6 Å². The average Bonchev–Trinajstić information content (AvgIpc) is 3.36. The molecule has 4 rings (SSSR count). The van der Waals surface area contributed by atoms with Gasteiger partial charge in [-0.1, -0.05) is 17.7 Å². The molecule has 0 spiro atoms. The third-order valence-electron chi connectivity index (χ3n) is 3.57. The highest BCUT2D eigenvalue weighted by atomic mass is 35.5. The van der Waals surface area contributed by atoms with Gasteiger partial charge in [0.1, 0.15) is 29.0 Å². The van der Waals surface area contributed by atoms with Crippen LogP contribution in [0, 0.1) is 0 Å². The predicted molar refractivity (Wildman–Crippen MR) is 98.6 cm³/mol. The minimum atomic E-state index is -0.333. The van der Waals surface area contributed by atoms with Gasteiger partial charge in [0.25, 0.3) is 5.91 Å². The molecule has 3 aromatic heterocycles. The van der Waals surface area contributed by atoms with Crippen molar-refractivity contribution in [3.05, 3.63) is 59.3 Å². The topological polar surface area (TPSA) is 90.5 Å². The number of carbonyl (C=O) groups excluding carboxylic acids is 1. The molecule has 1 N–H and O–H groups in total. The highest BCUT2D eigenvalue weighted by Crippen LogP contribution is 2.29. The number of anilines is 1. The van der Waals surface area contributed by atoms with E-state index in [9.17, 15) is 4.79 Å². The molecule has 0 saturated heterocycles. The molecule has 10 heteroatoms. The van der Waals surface area contributed by atoms with Crippen molar-refractivity contribution in [1.29, 1.82) is 0 Å². The zero-order valence-electron chi connectivity index (χ0n) is 13.5. The van der Waals surface area contributed by atoms with Crippen LogP contribution in [-0.4, -0.2) is 35.4 Å². The van der Waals surface area contributed by atoms with Gasteiger partial charge < -0.3 is 5.32 Å². The van der Waals surface area contributed by atoms with Crippen LogP contribution in [0.2, 0.25) is 5.02 Å². The number of halogens is 1. The molecule has 0 aliphatic heterocycles. The van der Waals surface area contributed by atoms with Crippen LogP contribution in [0.15, 0.2) is 48.6 Å². The summed E-state index contributed by atoms with van der Waals surface area (Å²) in [6, 6.07) is 5.22. The van der Waals surface area contributed by atoms with E-state index < -0.39 is 0 Å². The summed E-state index contributed by atoms with van der Waals surface area (Å²) in [5.41, 5.74) is 2.24. The summed E-state index contributed by atoms with van der Waals surface area (Å²) in [7, 11) is 1.83. The predicted octanol–water partition coefficient (Wildman–Crippen LogP) is 3.03. The number of para-hydroxylation sites is 1. The van der Waals surface area contributed by atoms with Crippen LogP contribution in [0.25, 0.3) is 16.3 Å². The molecule has 0 aliphatic carbocycles. The van der Waals surface area contributed by atoms with Gasteiger partial charge in [0.15, 0.2) is 0 Å². The number of benzene rings is 1. The number of nitrogens with zero attached hydrogens (tertiary/aromatic N) is 6. The quantitative estimate of drug-likeness (QED) is 0.583. The van der Waals surface area contributed by atoms with E-state index in [1.54, 1.807) is 34.5 Å². The molecule has 3 heterocycles. The molecule has 26 heavy (non-hydrogen) atoms. The maximum Gasteiger partial charge on any atom is 0.275 e. The van der Waals surface area contributed by atoms with Crippen molar-refractivity contribution in [3.63, 3.8) is 0 Å². The van der Waals surface area contributed by atoms with Gasteiger partial charge in [0, 0.05) is 24.2 Å². The van der Waals surface area contributed by atoms with Crippen molar-refractivity contribution in [3.8, 4) is 16.3 Å². The van der Waals surface area contributed by atoms with Crippen molar-refractivity contribution >= 4 is 34.5 Å². The highest BCUT2D eigenvalue weighted by Gasteiger charge is 2.17. The van der Waals surface area contributed by atoms with E-state index in [-0.39, 0.29) is 5.91 Å². The number of hydrogen-bond donors (Lipinski definition) is 1. The monoisotopic (exact) mass is 385 g/mol. The zero-order valence-corrected chi connectivity index (χ0v) is 15.1. The Bertz CT molecular complexity index is 1070. The third kappa shape index (κ3) is 3.09. The normalized spacial score (nSPS) is 10.8. The lowest BCUT2D eigenvalue weighted by molar-refractivity contribution is 0.102. The number of rotatable bonds is 4. The van der Waals surface area contributed by atoms with Crippen LogP contribution in [0.5, 0.6) is 0 Å². The molecule has 0 saturated carbocycles. The van der Waals surface area contributed by atoms with Crippen LogP contribution in [-0.2, 0) is 7.05 Å². The molecule has 4 aromatic rings. The second-order valence-electron chi connectivity index (χ2n) is 5.37. The minimum absolute atomic E-state index is 0.318. The Morgan fingerprint density at radius 1 is 1.31 bits per heavy atom. The number of carbonyl (C=O) groups is 1. The Balaban J connectivity index is 1.62. The summed E-state index contributed by atoms with van der Waals surface area (Å²) in [6.07, 6.45) is 6.47. The number of nitrogens with one attached hydrogen (secondary N) is 1. The standard InChI is InChI=1S/C16H12ClN7OS/c1-23-6-10(5-19-23)16-22-13(7-26-16)15(25)21-12-4-2-3-11(17)14(12)24-9-18-8-20-24/h2-9H,1H3,(H,21,25). The smallest absolute Gasteiger partial charge is 0.275 e. The number of amides is 1. The second-order valence-corrected chi connectivity index (χ2v) is 6.64. The van der Waals surface area contributed by atoms with Gasteiger partial charge in [-0.3, -0.25) is 9.48 Å². The van der Waals surface area contributed by atoms with Gasteiger partial charge in [-0.15, -0.1) is 11.3 Å². The number of aryl methyl sites for hydroxylation is 1. The Morgan fingerprint density at radius 3 is 2.92 bits per heavy atom. The molecular formula is C16H12ClN7OS. The van der Waals surface area contributed by atoms with E-state index in [1.807, 2.05) is 13.2 Å². The molecule has 0 aliphatic rings. The second kappa shape index (κ2) is 6.70. The summed E-state index contributed by atoms with van der Waals surface area (Å²) in [5, 5.41) is 13.9. The number of aromatic nitrogens is 6. The van der Waals surface area contributed by atoms with Crippen LogP contribution in [0.3, 0.4) is 0 Å². The van der Waals surface area contributed by atoms with Crippen molar-refractivity contribution in [1.82, 2.24) is 29.5 Å². The molecule has 0 unspecified atom stereocenters. The largest absolute Gasteiger partial charge is 0.319 e. The van der Waals surface area contributed by atoms with Gasteiger partial charge >= 0.3 is 0 Å².